The van der Waals surface area contributed by atoms with E-state index >= 15 is 0 Å². The first-order valence-electron chi connectivity index (χ1n) is 4.57. The Morgan fingerprint density at radius 2 is 1.85 bits per heavy atom. The average Bonchev–Trinajstić information content (AvgIpc) is 2.17. The van der Waals surface area contributed by atoms with Gasteiger partial charge >= 0.3 is 0 Å². The highest BCUT2D eigenvalue weighted by Gasteiger charge is 1.93. The first-order chi connectivity index (χ1) is 6.36. The fraction of sp³-hybridized carbons (Fsp3) is 0.455. The molecule has 0 aliphatic rings. The van der Waals surface area contributed by atoms with Crippen molar-refractivity contribution in [3.8, 4) is 5.75 Å². The molecule has 0 atom stereocenters. The number of benzene rings is 1. The van der Waals surface area contributed by atoms with Crippen LogP contribution in [0.1, 0.15) is 18.9 Å². The Bertz CT molecular complexity index is 228. The lowest BCUT2D eigenvalue weighted by Gasteiger charge is -2.04. The topological polar surface area (TPSA) is 18.5 Å². The summed E-state index contributed by atoms with van der Waals surface area (Å²) >= 11 is 0. The summed E-state index contributed by atoms with van der Waals surface area (Å²) in [6, 6.07) is 8.14. The molecule has 0 unspecified atom stereocenters. The maximum Gasteiger partial charge on any atom is 0.188 e. The molecule has 0 radical (unpaired) electrons. The molecule has 0 N–H and O–H groups in total. The quantitative estimate of drug-likeness (QED) is 0.648. The maximum atomic E-state index is 5.27. The molecule has 0 bridgehead atoms. The third-order valence-corrected chi connectivity index (χ3v) is 1.81. The van der Waals surface area contributed by atoms with Gasteiger partial charge in [-0.25, -0.2) is 0 Å². The van der Waals surface area contributed by atoms with Crippen molar-refractivity contribution in [2.24, 2.45) is 0 Å². The van der Waals surface area contributed by atoms with Gasteiger partial charge in [-0.2, -0.15) is 0 Å². The number of aryl methyl sites for hydroxylation is 1. The van der Waals surface area contributed by atoms with Crippen LogP contribution in [0.25, 0.3) is 0 Å². The third-order valence-electron chi connectivity index (χ3n) is 1.81. The zero-order valence-electron chi connectivity index (χ0n) is 8.25. The highest BCUT2D eigenvalue weighted by Crippen LogP contribution is 2.12. The highest BCUT2D eigenvalue weighted by atomic mass is 16.7. The Hall–Kier alpha value is -1.02. The van der Waals surface area contributed by atoms with E-state index in [0.29, 0.717) is 6.79 Å². The van der Waals surface area contributed by atoms with Crippen LogP contribution in [0.2, 0.25) is 0 Å². The van der Waals surface area contributed by atoms with Gasteiger partial charge in [0, 0.05) is 7.11 Å². The number of methoxy groups -OCH3 is 1. The minimum Gasteiger partial charge on any atom is -0.468 e. The van der Waals surface area contributed by atoms with Crippen molar-refractivity contribution >= 4 is 0 Å². The van der Waals surface area contributed by atoms with Gasteiger partial charge in [0.05, 0.1) is 0 Å². The molecule has 1 aromatic rings. The van der Waals surface area contributed by atoms with Gasteiger partial charge in [0.1, 0.15) is 5.75 Å². The van der Waals surface area contributed by atoms with Crippen LogP contribution in [-0.4, -0.2) is 13.9 Å². The number of ether oxygens (including phenoxy) is 2. The lowest BCUT2D eigenvalue weighted by molar-refractivity contribution is 0.0511. The molecule has 2 nitrogen and oxygen atoms in total. The van der Waals surface area contributed by atoms with Gasteiger partial charge in [-0.05, 0) is 24.1 Å². The number of hydrogen-bond donors (Lipinski definition) is 0. The van der Waals surface area contributed by atoms with E-state index in [9.17, 15) is 0 Å². The van der Waals surface area contributed by atoms with Gasteiger partial charge in [-0.15, -0.1) is 0 Å². The summed E-state index contributed by atoms with van der Waals surface area (Å²) in [5, 5.41) is 0. The van der Waals surface area contributed by atoms with Crippen LogP contribution in [0.5, 0.6) is 5.75 Å². The van der Waals surface area contributed by atoms with E-state index < -0.39 is 0 Å². The Labute approximate surface area is 79.5 Å². The van der Waals surface area contributed by atoms with Gasteiger partial charge in [-0.3, -0.25) is 0 Å². The van der Waals surface area contributed by atoms with Crippen LogP contribution in [0, 0.1) is 0 Å². The summed E-state index contributed by atoms with van der Waals surface area (Å²) in [4.78, 5) is 0. The summed E-state index contributed by atoms with van der Waals surface area (Å²) < 4.78 is 10.1. The normalized spacial score (nSPS) is 10.0. The number of hydrogen-bond acceptors (Lipinski definition) is 2. The van der Waals surface area contributed by atoms with E-state index in [1.165, 1.54) is 12.0 Å². The number of rotatable bonds is 5. The Balaban J connectivity index is 2.48. The zero-order chi connectivity index (χ0) is 9.52. The van der Waals surface area contributed by atoms with Crippen molar-refractivity contribution in [1.82, 2.24) is 0 Å². The molecule has 1 aromatic carbocycles. The Kier molecular flexibility index (Phi) is 4.33. The SMILES string of the molecule is CCCc1ccc(OCOC)cc1. The summed E-state index contributed by atoms with van der Waals surface area (Å²) in [7, 11) is 1.62. The Morgan fingerprint density at radius 3 is 2.38 bits per heavy atom. The van der Waals surface area contributed by atoms with Gasteiger partial charge in [-0.1, -0.05) is 25.5 Å². The van der Waals surface area contributed by atoms with Crippen LogP contribution in [0.4, 0.5) is 0 Å². The largest absolute Gasteiger partial charge is 0.468 e. The van der Waals surface area contributed by atoms with Crippen molar-refractivity contribution in [3.63, 3.8) is 0 Å². The molecule has 0 heterocycles. The van der Waals surface area contributed by atoms with Gasteiger partial charge in [0.2, 0.25) is 0 Å². The van der Waals surface area contributed by atoms with Crippen LogP contribution in [0.15, 0.2) is 24.3 Å². The van der Waals surface area contributed by atoms with Gasteiger partial charge < -0.3 is 9.47 Å². The first kappa shape index (κ1) is 10.1. The minimum atomic E-state index is 0.313. The molecule has 0 aromatic heterocycles. The second-order valence-corrected chi connectivity index (χ2v) is 2.94. The molecular weight excluding hydrogens is 164 g/mol. The van der Waals surface area contributed by atoms with E-state index in [1.807, 2.05) is 12.1 Å². The minimum absolute atomic E-state index is 0.313. The van der Waals surface area contributed by atoms with Crippen molar-refractivity contribution < 1.29 is 9.47 Å². The molecule has 0 amide bonds. The van der Waals surface area contributed by atoms with Crippen LogP contribution in [0.3, 0.4) is 0 Å². The second kappa shape index (κ2) is 5.60. The molecule has 2 heteroatoms. The van der Waals surface area contributed by atoms with E-state index in [4.69, 9.17) is 9.47 Å². The lowest BCUT2D eigenvalue weighted by atomic mass is 10.1. The lowest BCUT2D eigenvalue weighted by Crippen LogP contribution is -1.98. The van der Waals surface area contributed by atoms with E-state index in [0.717, 1.165) is 12.2 Å². The average molecular weight is 180 g/mol. The molecule has 0 aliphatic carbocycles. The predicted octanol–water partition coefficient (Wildman–Crippen LogP) is 2.62. The molecule has 13 heavy (non-hydrogen) atoms. The molecular formula is C11H16O2. The third kappa shape index (κ3) is 3.47. The standard InChI is InChI=1S/C11H16O2/c1-3-4-10-5-7-11(8-6-10)13-9-12-2/h5-8H,3-4,9H2,1-2H3. The highest BCUT2D eigenvalue weighted by molar-refractivity contribution is 5.27. The summed E-state index contributed by atoms with van der Waals surface area (Å²) in [5.41, 5.74) is 1.35. The summed E-state index contributed by atoms with van der Waals surface area (Å²) in [5.74, 6) is 0.863. The van der Waals surface area contributed by atoms with E-state index in [1.54, 1.807) is 7.11 Å². The fourth-order valence-corrected chi connectivity index (χ4v) is 1.17. The maximum absolute atomic E-state index is 5.27. The van der Waals surface area contributed by atoms with Crippen molar-refractivity contribution in [2.75, 3.05) is 13.9 Å². The van der Waals surface area contributed by atoms with E-state index in [2.05, 4.69) is 19.1 Å². The van der Waals surface area contributed by atoms with Gasteiger partial charge in [0.15, 0.2) is 6.79 Å². The van der Waals surface area contributed by atoms with Crippen LogP contribution >= 0.6 is 0 Å². The molecule has 0 saturated heterocycles. The van der Waals surface area contributed by atoms with Crippen LogP contribution < -0.4 is 4.74 Å². The molecule has 0 spiro atoms. The van der Waals surface area contributed by atoms with E-state index in [-0.39, 0.29) is 0 Å². The molecule has 72 valence electrons. The van der Waals surface area contributed by atoms with Gasteiger partial charge in [0.25, 0.3) is 0 Å². The van der Waals surface area contributed by atoms with Crippen molar-refractivity contribution in [1.29, 1.82) is 0 Å². The molecule has 0 aliphatic heterocycles. The van der Waals surface area contributed by atoms with Crippen molar-refractivity contribution in [2.45, 2.75) is 19.8 Å². The monoisotopic (exact) mass is 180 g/mol. The van der Waals surface area contributed by atoms with Crippen molar-refractivity contribution in [3.05, 3.63) is 29.8 Å². The zero-order valence-corrected chi connectivity index (χ0v) is 8.25. The Morgan fingerprint density at radius 1 is 1.15 bits per heavy atom. The molecule has 1 rings (SSSR count). The first-order valence-corrected chi connectivity index (χ1v) is 4.57. The predicted molar refractivity (Wildman–Crippen MR) is 52.9 cm³/mol. The molecule has 0 fully saturated rings. The van der Waals surface area contributed by atoms with Crippen LogP contribution in [-0.2, 0) is 11.2 Å². The smallest absolute Gasteiger partial charge is 0.188 e. The second-order valence-electron chi connectivity index (χ2n) is 2.94. The fourth-order valence-electron chi connectivity index (χ4n) is 1.17. The molecule has 0 saturated carbocycles. The summed E-state index contributed by atoms with van der Waals surface area (Å²) in [6.45, 7) is 2.49. The summed E-state index contributed by atoms with van der Waals surface area (Å²) in [6.07, 6.45) is 2.31.